The van der Waals surface area contributed by atoms with Gasteiger partial charge in [0.25, 0.3) is 5.91 Å². The molecule has 6 rings (SSSR count). The van der Waals surface area contributed by atoms with Crippen LogP contribution in [0.3, 0.4) is 0 Å². The topological polar surface area (TPSA) is 123 Å². The van der Waals surface area contributed by atoms with E-state index in [1.807, 2.05) is 11.5 Å². The fraction of sp³-hybridized carbons (Fsp3) is 0.250. The molecule has 5 aromatic rings. The Labute approximate surface area is 223 Å². The molecule has 1 aromatic carbocycles. The fourth-order valence-corrected chi connectivity index (χ4v) is 5.17. The Morgan fingerprint density at radius 3 is 2.62 bits per heavy atom. The Morgan fingerprint density at radius 1 is 1.10 bits per heavy atom. The van der Waals surface area contributed by atoms with E-state index < -0.39 is 11.7 Å². The molecule has 198 valence electrons. The van der Waals surface area contributed by atoms with Gasteiger partial charge in [-0.05, 0) is 50.1 Å². The summed E-state index contributed by atoms with van der Waals surface area (Å²) in [5, 5.41) is 9.73. The Hall–Kier alpha value is -4.80. The first kappa shape index (κ1) is 24.5. The van der Waals surface area contributed by atoms with Crippen molar-refractivity contribution in [3.63, 3.8) is 0 Å². The van der Waals surface area contributed by atoms with Gasteiger partial charge in [0.15, 0.2) is 5.82 Å². The molecule has 0 aliphatic heterocycles. The van der Waals surface area contributed by atoms with Crippen molar-refractivity contribution in [1.82, 2.24) is 29.3 Å². The quantitative estimate of drug-likeness (QED) is 0.316. The van der Waals surface area contributed by atoms with Gasteiger partial charge in [-0.3, -0.25) is 9.36 Å². The summed E-state index contributed by atoms with van der Waals surface area (Å²) in [5.41, 5.74) is 7.81. The third-order valence-corrected chi connectivity index (χ3v) is 7.06. The zero-order valence-electron chi connectivity index (χ0n) is 21.4. The lowest BCUT2D eigenvalue weighted by Gasteiger charge is -2.37. The minimum absolute atomic E-state index is 0.0250. The van der Waals surface area contributed by atoms with E-state index in [-0.39, 0.29) is 12.0 Å². The molecule has 0 radical (unpaired) electrons. The lowest BCUT2D eigenvalue weighted by atomic mass is 9.79. The van der Waals surface area contributed by atoms with Crippen LogP contribution in [-0.2, 0) is 0 Å². The molecule has 4 heterocycles. The maximum atomic E-state index is 15.1. The minimum Gasteiger partial charge on any atom is -0.492 e. The number of nitrogens with zero attached hydrogens (tertiary/aromatic N) is 6. The SMILES string of the molecule is CCOc1ccc(-c2nnc(C3CC(n4c(C(N)=O)cc5cc(OC)ncc54)C3)n2-c2ccccc2F)nc1. The summed E-state index contributed by atoms with van der Waals surface area (Å²) < 4.78 is 29.5. The molecule has 0 atom stereocenters. The number of halogens is 1. The third-order valence-electron chi connectivity index (χ3n) is 7.06. The van der Waals surface area contributed by atoms with Crippen molar-refractivity contribution in [3.05, 3.63) is 78.3 Å². The maximum absolute atomic E-state index is 15.1. The number of amides is 1. The van der Waals surface area contributed by atoms with Crippen molar-refractivity contribution < 1.29 is 18.7 Å². The Balaban J connectivity index is 1.37. The normalized spacial score (nSPS) is 16.7. The molecule has 0 saturated heterocycles. The van der Waals surface area contributed by atoms with Crippen LogP contribution in [0.5, 0.6) is 11.6 Å². The molecule has 0 bridgehead atoms. The number of para-hydroxylation sites is 1. The highest BCUT2D eigenvalue weighted by molar-refractivity contribution is 5.98. The molecule has 39 heavy (non-hydrogen) atoms. The summed E-state index contributed by atoms with van der Waals surface area (Å²) in [6, 6.07) is 13.6. The van der Waals surface area contributed by atoms with Crippen LogP contribution in [-0.4, -0.2) is 48.9 Å². The number of carbonyl (C=O) groups is 1. The first-order valence-electron chi connectivity index (χ1n) is 12.6. The molecule has 1 saturated carbocycles. The van der Waals surface area contributed by atoms with E-state index in [0.717, 1.165) is 10.9 Å². The lowest BCUT2D eigenvalue weighted by molar-refractivity contribution is 0.0984. The van der Waals surface area contributed by atoms with E-state index in [4.69, 9.17) is 15.2 Å². The van der Waals surface area contributed by atoms with E-state index in [2.05, 4.69) is 20.2 Å². The van der Waals surface area contributed by atoms with Crippen LogP contribution in [0, 0.1) is 5.82 Å². The first-order valence-corrected chi connectivity index (χ1v) is 12.6. The third kappa shape index (κ3) is 4.25. The fourth-order valence-electron chi connectivity index (χ4n) is 5.17. The van der Waals surface area contributed by atoms with Gasteiger partial charge in [0, 0.05) is 23.4 Å². The summed E-state index contributed by atoms with van der Waals surface area (Å²) in [4.78, 5) is 21.1. The van der Waals surface area contributed by atoms with Crippen molar-refractivity contribution in [3.8, 4) is 28.8 Å². The highest BCUT2D eigenvalue weighted by Gasteiger charge is 2.38. The number of ether oxygens (including phenoxy) is 2. The zero-order valence-corrected chi connectivity index (χ0v) is 21.4. The number of methoxy groups -OCH3 is 1. The van der Waals surface area contributed by atoms with Gasteiger partial charge in [0.2, 0.25) is 5.88 Å². The average molecular weight is 528 g/mol. The average Bonchev–Trinajstić information content (AvgIpc) is 3.51. The van der Waals surface area contributed by atoms with Gasteiger partial charge in [0.05, 0.1) is 37.3 Å². The van der Waals surface area contributed by atoms with Crippen LogP contribution in [0.2, 0.25) is 0 Å². The summed E-state index contributed by atoms with van der Waals surface area (Å²) in [5.74, 6) is 1.19. The zero-order chi connectivity index (χ0) is 27.1. The number of primary amides is 1. The molecule has 2 N–H and O–H groups in total. The van der Waals surface area contributed by atoms with Crippen LogP contribution in [0.25, 0.3) is 28.1 Å². The summed E-state index contributed by atoms with van der Waals surface area (Å²) in [7, 11) is 1.54. The van der Waals surface area contributed by atoms with Gasteiger partial charge in [-0.1, -0.05) is 12.1 Å². The molecular formula is C28H26FN7O3. The molecule has 11 heteroatoms. The smallest absolute Gasteiger partial charge is 0.265 e. The van der Waals surface area contributed by atoms with Crippen LogP contribution >= 0.6 is 0 Å². The highest BCUT2D eigenvalue weighted by atomic mass is 19.1. The monoisotopic (exact) mass is 527 g/mol. The Morgan fingerprint density at radius 2 is 1.92 bits per heavy atom. The molecule has 10 nitrogen and oxygen atoms in total. The lowest BCUT2D eigenvalue weighted by Crippen LogP contribution is -2.30. The van der Waals surface area contributed by atoms with Crippen molar-refractivity contribution >= 4 is 16.8 Å². The number of pyridine rings is 2. The van der Waals surface area contributed by atoms with E-state index in [1.54, 1.807) is 66.5 Å². The molecule has 1 aliphatic rings. The van der Waals surface area contributed by atoms with Crippen LogP contribution in [0.15, 0.2) is 60.9 Å². The maximum Gasteiger partial charge on any atom is 0.265 e. The standard InChI is InChI=1S/C28H26FN7O3/c1-3-39-19-8-9-21(31-14-19)28-34-33-27(36(28)22-7-5-4-6-20(22)29)17-10-18(11-17)35-23(26(30)37)12-16-13-25(38-2)32-15-24(16)35/h4-9,12-15,17-18H,3,10-11H2,1-2H3,(H2,30,37). The molecule has 1 fully saturated rings. The van der Waals surface area contributed by atoms with Crippen molar-refractivity contribution in [2.75, 3.05) is 13.7 Å². The predicted octanol–water partition coefficient (Wildman–Crippen LogP) is 4.44. The minimum atomic E-state index is -0.521. The van der Waals surface area contributed by atoms with Gasteiger partial charge in [0.1, 0.15) is 28.8 Å². The highest BCUT2D eigenvalue weighted by Crippen LogP contribution is 2.47. The number of benzene rings is 1. The number of fused-ring (bicyclic) bond motifs is 1. The second kappa shape index (κ2) is 9.82. The van der Waals surface area contributed by atoms with Crippen molar-refractivity contribution in [2.45, 2.75) is 31.7 Å². The molecule has 0 spiro atoms. The second-order valence-corrected chi connectivity index (χ2v) is 9.35. The molecule has 1 amide bonds. The molecule has 1 aliphatic carbocycles. The number of hydrogen-bond donors (Lipinski definition) is 1. The van der Waals surface area contributed by atoms with E-state index in [9.17, 15) is 4.79 Å². The summed E-state index contributed by atoms with van der Waals surface area (Å²) >= 11 is 0. The molecule has 0 unspecified atom stereocenters. The second-order valence-electron chi connectivity index (χ2n) is 9.35. The van der Waals surface area contributed by atoms with Gasteiger partial charge in [-0.2, -0.15) is 0 Å². The van der Waals surface area contributed by atoms with Gasteiger partial charge >= 0.3 is 0 Å². The van der Waals surface area contributed by atoms with Crippen molar-refractivity contribution in [2.24, 2.45) is 5.73 Å². The predicted molar refractivity (Wildman–Crippen MR) is 142 cm³/mol. The Bertz CT molecular complexity index is 1670. The molecule has 4 aromatic heterocycles. The van der Waals surface area contributed by atoms with Crippen LogP contribution in [0.1, 0.15) is 48.0 Å². The number of aromatic nitrogens is 6. The summed E-state index contributed by atoms with van der Waals surface area (Å²) in [6.07, 6.45) is 4.61. The number of nitrogens with two attached hydrogens (primary N) is 1. The van der Waals surface area contributed by atoms with Crippen LogP contribution < -0.4 is 15.2 Å². The van der Waals surface area contributed by atoms with Gasteiger partial charge in [-0.25, -0.2) is 14.4 Å². The largest absolute Gasteiger partial charge is 0.492 e. The van der Waals surface area contributed by atoms with Crippen molar-refractivity contribution in [1.29, 1.82) is 0 Å². The molecular weight excluding hydrogens is 501 g/mol. The van der Waals surface area contributed by atoms with Gasteiger partial charge < -0.3 is 19.8 Å². The van der Waals surface area contributed by atoms with Gasteiger partial charge in [-0.15, -0.1) is 10.2 Å². The number of rotatable bonds is 8. The van der Waals surface area contributed by atoms with Crippen LogP contribution in [0.4, 0.5) is 4.39 Å². The van der Waals surface area contributed by atoms with E-state index in [0.29, 0.717) is 59.8 Å². The number of hydrogen-bond acceptors (Lipinski definition) is 7. The number of carbonyl (C=O) groups excluding carboxylic acids is 1. The van der Waals surface area contributed by atoms with E-state index in [1.165, 1.54) is 6.07 Å². The van der Waals surface area contributed by atoms with E-state index >= 15 is 4.39 Å². The summed E-state index contributed by atoms with van der Waals surface area (Å²) in [6.45, 7) is 2.42. The first-order chi connectivity index (χ1) is 19.0. The Kier molecular flexibility index (Phi) is 6.18.